The third-order valence-corrected chi connectivity index (χ3v) is 7.18. The fourth-order valence-electron chi connectivity index (χ4n) is 3.19. The van der Waals surface area contributed by atoms with Gasteiger partial charge < -0.3 is 4.98 Å². The lowest BCUT2D eigenvalue weighted by Crippen LogP contribution is -2.45. The van der Waals surface area contributed by atoms with Crippen molar-refractivity contribution in [2.24, 2.45) is 0 Å². The first-order chi connectivity index (χ1) is 11.8. The molecule has 1 saturated carbocycles. The molecule has 25 heavy (non-hydrogen) atoms. The summed E-state index contributed by atoms with van der Waals surface area (Å²) >= 11 is 0. The predicted octanol–water partition coefficient (Wildman–Crippen LogP) is 3.82. The Labute approximate surface area is 150 Å². The second-order valence-corrected chi connectivity index (χ2v) is 10.3. The van der Waals surface area contributed by atoms with E-state index in [0.29, 0.717) is 5.92 Å². The molecule has 1 heterocycles. The van der Waals surface area contributed by atoms with E-state index in [1.807, 2.05) is 24.4 Å². The van der Waals surface area contributed by atoms with Gasteiger partial charge in [-0.3, -0.25) is 0 Å². The number of nitrogens with one attached hydrogen (secondary N) is 2. The molecular weight excluding hydrogens is 334 g/mol. The van der Waals surface area contributed by atoms with Crippen molar-refractivity contribution in [3.05, 3.63) is 42.4 Å². The molecule has 0 saturated heterocycles. The van der Waals surface area contributed by atoms with Gasteiger partial charge in [-0.2, -0.15) is 0 Å². The Morgan fingerprint density at radius 1 is 1.08 bits per heavy atom. The second kappa shape index (κ2) is 6.92. The number of sulfonamides is 1. The molecule has 1 aromatic heterocycles. The Kier molecular flexibility index (Phi) is 5.02. The predicted molar refractivity (Wildman–Crippen MR) is 101 cm³/mol. The molecule has 1 fully saturated rings. The molecule has 1 aliphatic carbocycles. The quantitative estimate of drug-likeness (QED) is 0.869. The first-order valence-electron chi connectivity index (χ1n) is 8.88. The molecule has 5 nitrogen and oxygen atoms in total. The highest BCUT2D eigenvalue weighted by Crippen LogP contribution is 2.33. The molecular formula is C19H27N3O2S. The minimum Gasteiger partial charge on any atom is -0.342 e. The van der Waals surface area contributed by atoms with Crippen LogP contribution in [-0.2, 0) is 10.0 Å². The Morgan fingerprint density at radius 2 is 1.72 bits per heavy atom. The molecule has 0 amide bonds. The first kappa shape index (κ1) is 18.1. The van der Waals surface area contributed by atoms with Crippen molar-refractivity contribution in [2.45, 2.75) is 63.2 Å². The molecule has 0 aliphatic heterocycles. The van der Waals surface area contributed by atoms with Gasteiger partial charge in [0.1, 0.15) is 5.82 Å². The third-order valence-electron chi connectivity index (χ3n) is 4.92. The van der Waals surface area contributed by atoms with Crippen molar-refractivity contribution in [1.82, 2.24) is 14.7 Å². The summed E-state index contributed by atoms with van der Waals surface area (Å²) in [5, 5.41) is 0. The Morgan fingerprint density at radius 3 is 2.32 bits per heavy atom. The summed E-state index contributed by atoms with van der Waals surface area (Å²) in [6.45, 7) is 5.19. The lowest BCUT2D eigenvalue weighted by atomic mass is 9.86. The van der Waals surface area contributed by atoms with Crippen LogP contribution in [0.5, 0.6) is 0 Å². The van der Waals surface area contributed by atoms with Crippen molar-refractivity contribution in [3.8, 4) is 11.3 Å². The van der Waals surface area contributed by atoms with Gasteiger partial charge in [0.15, 0.2) is 0 Å². The topological polar surface area (TPSA) is 74.8 Å². The largest absolute Gasteiger partial charge is 0.342 e. The van der Waals surface area contributed by atoms with Crippen LogP contribution in [0.2, 0.25) is 0 Å². The van der Waals surface area contributed by atoms with E-state index in [1.165, 1.54) is 0 Å². The summed E-state index contributed by atoms with van der Waals surface area (Å²) in [6, 6.07) is 10.2. The number of aromatic amines is 1. The average Bonchev–Trinajstić information content (AvgIpc) is 3.05. The number of benzene rings is 1. The molecule has 0 bridgehead atoms. The second-order valence-electron chi connectivity index (χ2n) is 7.83. The van der Waals surface area contributed by atoms with Crippen LogP contribution in [0.25, 0.3) is 11.3 Å². The molecule has 2 aromatic rings. The van der Waals surface area contributed by atoms with E-state index in [0.717, 1.165) is 42.8 Å². The summed E-state index contributed by atoms with van der Waals surface area (Å²) in [5.74, 6) is 1.38. The molecule has 0 atom stereocenters. The van der Waals surface area contributed by atoms with E-state index in [2.05, 4.69) is 26.8 Å². The number of hydrogen-bond acceptors (Lipinski definition) is 3. The van der Waals surface area contributed by atoms with Gasteiger partial charge in [-0.05, 0) is 52.0 Å². The third kappa shape index (κ3) is 4.12. The van der Waals surface area contributed by atoms with Crippen LogP contribution in [0.15, 0.2) is 36.5 Å². The highest BCUT2D eigenvalue weighted by atomic mass is 32.2. The summed E-state index contributed by atoms with van der Waals surface area (Å²) in [5.41, 5.74) is 2.17. The van der Waals surface area contributed by atoms with Gasteiger partial charge in [-0.1, -0.05) is 30.3 Å². The van der Waals surface area contributed by atoms with E-state index < -0.39 is 14.8 Å². The van der Waals surface area contributed by atoms with Crippen LogP contribution in [0.4, 0.5) is 0 Å². The van der Waals surface area contributed by atoms with Crippen LogP contribution in [-0.4, -0.2) is 29.2 Å². The smallest absolute Gasteiger partial charge is 0.216 e. The first-order valence-corrected chi connectivity index (χ1v) is 10.4. The van der Waals surface area contributed by atoms with Crippen molar-refractivity contribution < 1.29 is 8.42 Å². The monoisotopic (exact) mass is 361 g/mol. The lowest BCUT2D eigenvalue weighted by molar-refractivity contribution is 0.364. The van der Waals surface area contributed by atoms with Crippen molar-refractivity contribution >= 4 is 10.0 Å². The van der Waals surface area contributed by atoms with E-state index in [1.54, 1.807) is 20.8 Å². The molecule has 1 aliphatic rings. The highest BCUT2D eigenvalue weighted by Gasteiger charge is 2.33. The molecule has 3 rings (SSSR count). The number of rotatable bonds is 4. The van der Waals surface area contributed by atoms with Crippen molar-refractivity contribution in [3.63, 3.8) is 0 Å². The van der Waals surface area contributed by atoms with Crippen molar-refractivity contribution in [2.75, 3.05) is 0 Å². The van der Waals surface area contributed by atoms with Crippen LogP contribution >= 0.6 is 0 Å². The van der Waals surface area contributed by atoms with E-state index >= 15 is 0 Å². The molecule has 0 radical (unpaired) electrons. The Bertz CT molecular complexity index is 799. The number of aromatic nitrogens is 2. The molecule has 2 N–H and O–H groups in total. The van der Waals surface area contributed by atoms with Crippen LogP contribution in [0.1, 0.15) is 58.2 Å². The Hall–Kier alpha value is -1.66. The zero-order valence-corrected chi connectivity index (χ0v) is 15.9. The SMILES string of the molecule is CC(C)(C)S(=O)(=O)NC1CCC(c2ncc(-c3ccccc3)[nH]2)CC1. The van der Waals surface area contributed by atoms with Gasteiger partial charge in [0.25, 0.3) is 0 Å². The van der Waals surface area contributed by atoms with Gasteiger partial charge in [0, 0.05) is 12.0 Å². The molecule has 136 valence electrons. The van der Waals surface area contributed by atoms with Crippen LogP contribution in [0.3, 0.4) is 0 Å². The van der Waals surface area contributed by atoms with Crippen molar-refractivity contribution in [1.29, 1.82) is 0 Å². The van der Waals surface area contributed by atoms with Crippen LogP contribution in [0, 0.1) is 0 Å². The highest BCUT2D eigenvalue weighted by molar-refractivity contribution is 7.90. The minimum absolute atomic E-state index is 0.0315. The maximum atomic E-state index is 12.3. The van der Waals surface area contributed by atoms with Gasteiger partial charge in [0.05, 0.1) is 16.6 Å². The number of imidazole rings is 1. The zero-order valence-electron chi connectivity index (χ0n) is 15.1. The van der Waals surface area contributed by atoms with E-state index in [-0.39, 0.29) is 6.04 Å². The van der Waals surface area contributed by atoms with Gasteiger partial charge in [-0.25, -0.2) is 18.1 Å². The van der Waals surface area contributed by atoms with Gasteiger partial charge in [0.2, 0.25) is 10.0 Å². The fraction of sp³-hybridized carbons (Fsp3) is 0.526. The summed E-state index contributed by atoms with van der Waals surface area (Å²) in [7, 11) is -3.28. The minimum atomic E-state index is -3.28. The number of nitrogens with zero attached hydrogens (tertiary/aromatic N) is 1. The number of H-pyrrole nitrogens is 1. The van der Waals surface area contributed by atoms with Crippen LogP contribution < -0.4 is 4.72 Å². The van der Waals surface area contributed by atoms with Gasteiger partial charge >= 0.3 is 0 Å². The maximum absolute atomic E-state index is 12.3. The standard InChI is InChI=1S/C19H27N3O2S/c1-19(2,3)25(23,24)22-16-11-9-15(10-12-16)18-20-13-17(21-18)14-7-5-4-6-8-14/h4-8,13,15-16,22H,9-12H2,1-3H3,(H,20,21). The molecule has 1 aromatic carbocycles. The molecule has 0 spiro atoms. The van der Waals surface area contributed by atoms with E-state index in [4.69, 9.17) is 0 Å². The molecule has 0 unspecified atom stereocenters. The summed E-state index contributed by atoms with van der Waals surface area (Å²) in [4.78, 5) is 8.00. The summed E-state index contributed by atoms with van der Waals surface area (Å²) < 4.78 is 26.7. The average molecular weight is 362 g/mol. The molecule has 6 heteroatoms. The normalized spacial score (nSPS) is 22.0. The fourth-order valence-corrected chi connectivity index (χ4v) is 4.22. The van der Waals surface area contributed by atoms with E-state index in [9.17, 15) is 8.42 Å². The van der Waals surface area contributed by atoms with Gasteiger partial charge in [-0.15, -0.1) is 0 Å². The Balaban J connectivity index is 1.61. The zero-order chi connectivity index (χ0) is 18.1. The number of hydrogen-bond donors (Lipinski definition) is 2. The summed E-state index contributed by atoms with van der Waals surface area (Å²) in [6.07, 6.45) is 5.47. The maximum Gasteiger partial charge on any atom is 0.216 e. The lowest BCUT2D eigenvalue weighted by Gasteiger charge is -2.30.